The maximum absolute atomic E-state index is 10.8. The van der Waals surface area contributed by atoms with Gasteiger partial charge in [0.1, 0.15) is 5.78 Å². The number of amides is 2. The van der Waals surface area contributed by atoms with Gasteiger partial charge in [0.05, 0.1) is 6.54 Å². The number of imide groups is 1. The van der Waals surface area contributed by atoms with Gasteiger partial charge >= 0.3 is 0 Å². The Morgan fingerprint density at radius 2 is 1.75 bits per heavy atom. The van der Waals surface area contributed by atoms with E-state index in [1.807, 2.05) is 0 Å². The zero-order valence-electron chi connectivity index (χ0n) is 6.53. The number of hydrogen-bond acceptors (Lipinski definition) is 3. The molecule has 0 N–H and O–H groups in total. The van der Waals surface area contributed by atoms with Crippen LogP contribution in [-0.2, 0) is 14.4 Å². The van der Waals surface area contributed by atoms with Crippen LogP contribution < -0.4 is 0 Å². The van der Waals surface area contributed by atoms with Gasteiger partial charge in [0.15, 0.2) is 0 Å². The molecule has 0 atom stereocenters. The zero-order chi connectivity index (χ0) is 8.43. The number of Topliss-reactive ketones (excluding diaryl/α,β-unsaturated/α-hetero) is 1. The van der Waals surface area contributed by atoms with Crippen LogP contribution in [0.2, 0.25) is 0 Å². The minimum Gasteiger partial charge on any atom is -0.298 e. The summed E-state index contributed by atoms with van der Waals surface area (Å²) >= 11 is 0. The van der Waals surface area contributed by atoms with Gasteiger partial charge in [0.25, 0.3) is 11.8 Å². The lowest BCUT2D eigenvalue weighted by atomic mass is 10.4. The lowest BCUT2D eigenvalue weighted by Crippen LogP contribution is -2.34. The summed E-state index contributed by atoms with van der Waals surface area (Å²) in [5.74, 6) is -1.02. The van der Waals surface area contributed by atoms with E-state index in [2.05, 4.69) is 0 Å². The number of ketones is 1. The van der Waals surface area contributed by atoms with Crippen LogP contribution in [0.4, 0.5) is 0 Å². The summed E-state index contributed by atoms with van der Waals surface area (Å²) in [6.45, 7) is 1.21. The Hall–Kier alpha value is -1.10. The molecule has 0 aliphatic carbocycles. The number of rotatable bonds is 2. The molecule has 0 radical (unpaired) electrons. The van der Waals surface area contributed by atoms with Crippen molar-refractivity contribution in [3.63, 3.8) is 0 Å². The predicted octanol–water partition coefficient (Wildman–Crippen LogP) is -0.387. The smallest absolute Gasteiger partial charge is 0.254 e. The summed E-state index contributed by atoms with van der Waals surface area (Å²) in [4.78, 5) is 33.0. The Balaban J connectivity index is 0.00000121. The van der Waals surface area contributed by atoms with Gasteiger partial charge in [0.2, 0.25) is 0 Å². The van der Waals surface area contributed by atoms with E-state index in [4.69, 9.17) is 0 Å². The molecule has 4 nitrogen and oxygen atoms in total. The molecule has 0 saturated heterocycles. The van der Waals surface area contributed by atoms with E-state index >= 15 is 0 Å². The first-order valence-electron chi connectivity index (χ1n) is 3.14. The van der Waals surface area contributed by atoms with Crippen molar-refractivity contribution in [2.24, 2.45) is 0 Å². The lowest BCUT2D eigenvalue weighted by Gasteiger charge is -2.09. The highest BCUT2D eigenvalue weighted by atomic mass is 32.1. The normalized spacial score (nSPS) is 14.9. The number of nitrogens with zero attached hydrogens (tertiary/aromatic N) is 1. The van der Waals surface area contributed by atoms with E-state index < -0.39 is 11.8 Å². The van der Waals surface area contributed by atoms with Crippen molar-refractivity contribution in [1.82, 2.24) is 4.90 Å². The maximum Gasteiger partial charge on any atom is 0.254 e. The fourth-order valence-electron chi connectivity index (χ4n) is 0.810. The van der Waals surface area contributed by atoms with Crippen LogP contribution >= 0.6 is 13.5 Å². The summed E-state index contributed by atoms with van der Waals surface area (Å²) in [6, 6.07) is 0. The molecule has 1 rings (SSSR count). The van der Waals surface area contributed by atoms with Crippen molar-refractivity contribution in [1.29, 1.82) is 0 Å². The van der Waals surface area contributed by atoms with E-state index in [1.54, 1.807) is 0 Å². The van der Waals surface area contributed by atoms with Crippen molar-refractivity contribution in [2.45, 2.75) is 6.92 Å². The molecule has 0 aromatic heterocycles. The van der Waals surface area contributed by atoms with Crippen molar-refractivity contribution < 1.29 is 14.4 Å². The average molecular weight is 187 g/mol. The first-order chi connectivity index (χ1) is 5.11. The SMILES string of the molecule is CC(=O)CN1C(=O)C=CC1=O.S. The summed E-state index contributed by atoms with van der Waals surface area (Å²) < 4.78 is 0. The molecule has 0 aromatic rings. The monoisotopic (exact) mass is 187 g/mol. The molecule has 1 aliphatic heterocycles. The van der Waals surface area contributed by atoms with Crippen molar-refractivity contribution in [3.05, 3.63) is 12.2 Å². The molecular weight excluding hydrogens is 178 g/mol. The van der Waals surface area contributed by atoms with E-state index in [9.17, 15) is 14.4 Å². The van der Waals surface area contributed by atoms with Gasteiger partial charge in [-0.3, -0.25) is 19.3 Å². The molecule has 0 aromatic carbocycles. The minimum absolute atomic E-state index is 0. The van der Waals surface area contributed by atoms with Gasteiger partial charge in [-0.15, -0.1) is 0 Å². The summed E-state index contributed by atoms with van der Waals surface area (Å²) in [5.41, 5.74) is 0. The van der Waals surface area contributed by atoms with E-state index in [1.165, 1.54) is 6.92 Å². The molecule has 0 unspecified atom stereocenters. The van der Waals surface area contributed by atoms with Gasteiger partial charge in [-0.05, 0) is 6.92 Å². The molecule has 0 bridgehead atoms. The van der Waals surface area contributed by atoms with Crippen LogP contribution in [0.5, 0.6) is 0 Å². The molecule has 2 amide bonds. The van der Waals surface area contributed by atoms with Crippen LogP contribution in [0.25, 0.3) is 0 Å². The molecule has 66 valence electrons. The maximum atomic E-state index is 10.8. The standard InChI is InChI=1S/C7H7NO3.H2S/c1-5(9)4-8-6(10)2-3-7(8)11;/h2-3H,4H2,1H3;1H2. The van der Waals surface area contributed by atoms with Gasteiger partial charge in [-0.2, -0.15) is 13.5 Å². The topological polar surface area (TPSA) is 54.5 Å². The van der Waals surface area contributed by atoms with Crippen LogP contribution in [0.1, 0.15) is 6.92 Å². The Morgan fingerprint density at radius 1 is 1.33 bits per heavy atom. The van der Waals surface area contributed by atoms with Crippen LogP contribution in [0, 0.1) is 0 Å². The second kappa shape index (κ2) is 4.06. The van der Waals surface area contributed by atoms with E-state index in [0.717, 1.165) is 17.1 Å². The molecule has 1 aliphatic rings. The van der Waals surface area contributed by atoms with Gasteiger partial charge in [0, 0.05) is 12.2 Å². The van der Waals surface area contributed by atoms with E-state index in [0.29, 0.717) is 0 Å². The Bertz CT molecular complexity index is 241. The highest BCUT2D eigenvalue weighted by molar-refractivity contribution is 7.59. The molecule has 0 saturated carbocycles. The third kappa shape index (κ3) is 2.20. The number of carbonyl (C=O) groups is 3. The lowest BCUT2D eigenvalue weighted by molar-refractivity contribution is -0.140. The van der Waals surface area contributed by atoms with Crippen LogP contribution in [0.15, 0.2) is 12.2 Å². The zero-order valence-corrected chi connectivity index (χ0v) is 7.53. The Morgan fingerprint density at radius 3 is 2.08 bits per heavy atom. The minimum atomic E-state index is -0.412. The second-order valence-corrected chi connectivity index (χ2v) is 2.30. The van der Waals surface area contributed by atoms with Crippen molar-refractivity contribution in [2.75, 3.05) is 6.54 Å². The van der Waals surface area contributed by atoms with Crippen molar-refractivity contribution >= 4 is 31.1 Å². The summed E-state index contributed by atoms with van der Waals surface area (Å²) in [5, 5.41) is 0. The highest BCUT2D eigenvalue weighted by Gasteiger charge is 2.23. The molecule has 1 heterocycles. The first kappa shape index (κ1) is 10.9. The fourth-order valence-corrected chi connectivity index (χ4v) is 0.810. The van der Waals surface area contributed by atoms with E-state index in [-0.39, 0.29) is 25.8 Å². The average Bonchev–Trinajstić information content (AvgIpc) is 2.18. The van der Waals surface area contributed by atoms with Gasteiger partial charge < -0.3 is 0 Å². The van der Waals surface area contributed by atoms with Crippen LogP contribution in [-0.4, -0.2) is 29.0 Å². The highest BCUT2D eigenvalue weighted by Crippen LogP contribution is 2.02. The molecule has 5 heteroatoms. The second-order valence-electron chi connectivity index (χ2n) is 2.30. The summed E-state index contributed by atoms with van der Waals surface area (Å²) in [7, 11) is 0. The van der Waals surface area contributed by atoms with Crippen LogP contribution in [0.3, 0.4) is 0 Å². The largest absolute Gasteiger partial charge is 0.298 e. The fraction of sp³-hybridized carbons (Fsp3) is 0.286. The Kier molecular flexibility index (Phi) is 3.69. The number of carbonyl (C=O) groups excluding carboxylic acids is 3. The Labute approximate surface area is 76.7 Å². The number of hydrogen-bond donors (Lipinski definition) is 0. The molecule has 0 spiro atoms. The molecular formula is C7H9NO3S. The third-order valence-corrected chi connectivity index (χ3v) is 1.28. The third-order valence-electron chi connectivity index (χ3n) is 1.28. The van der Waals surface area contributed by atoms with Gasteiger partial charge in [-0.1, -0.05) is 0 Å². The van der Waals surface area contributed by atoms with Gasteiger partial charge in [-0.25, -0.2) is 0 Å². The van der Waals surface area contributed by atoms with Crippen molar-refractivity contribution in [3.8, 4) is 0 Å². The first-order valence-corrected chi connectivity index (χ1v) is 3.14. The predicted molar refractivity (Wildman–Crippen MR) is 46.9 cm³/mol. The summed E-state index contributed by atoms with van der Waals surface area (Å²) in [6.07, 6.45) is 2.32. The quantitative estimate of drug-likeness (QED) is 0.553. The molecule has 0 fully saturated rings. The molecule has 12 heavy (non-hydrogen) atoms.